The number of sulfonamides is 1. The van der Waals surface area contributed by atoms with Gasteiger partial charge >= 0.3 is 6.09 Å². The molecular formula is C21H29N5O5S. The van der Waals surface area contributed by atoms with Gasteiger partial charge in [-0.05, 0) is 44.9 Å². The Bertz CT molecular complexity index is 1010. The Morgan fingerprint density at radius 1 is 1.38 bits per heavy atom. The first kappa shape index (κ1) is 22.9. The van der Waals surface area contributed by atoms with Crippen LogP contribution in [0.25, 0.3) is 0 Å². The maximum atomic E-state index is 12.3. The highest BCUT2D eigenvalue weighted by atomic mass is 32.2. The van der Waals surface area contributed by atoms with Crippen molar-refractivity contribution >= 4 is 16.1 Å². The van der Waals surface area contributed by atoms with E-state index in [0.717, 1.165) is 37.8 Å². The number of methoxy groups -OCH3 is 1. The fourth-order valence-electron chi connectivity index (χ4n) is 5.44. The van der Waals surface area contributed by atoms with Crippen LogP contribution in [0, 0.1) is 17.2 Å². The fourth-order valence-corrected chi connectivity index (χ4v) is 6.25. The Kier molecular flexibility index (Phi) is 6.13. The van der Waals surface area contributed by atoms with Gasteiger partial charge in [0.25, 0.3) is 0 Å². The molecule has 3 fully saturated rings. The standard InChI is InChI=1S/C21H29N5O5S/c1-13-6-17(25-32(3,28)29)18(26(13)20(27)30-2)12-31-16-4-5-21(8-15(21)7-16)19-23-10-14(9-22)11-24-19/h10-11,13,15-18,25H,4-8,12H2,1-3H3/t13-,15+,16-,17+,18+,21+/m1/s1. The quantitative estimate of drug-likeness (QED) is 0.667. The molecule has 2 saturated carbocycles. The molecule has 174 valence electrons. The molecule has 1 aromatic rings. The molecule has 1 amide bonds. The molecule has 2 aliphatic carbocycles. The highest BCUT2D eigenvalue weighted by molar-refractivity contribution is 7.88. The van der Waals surface area contributed by atoms with Crippen LogP contribution in [0.15, 0.2) is 12.4 Å². The lowest BCUT2D eigenvalue weighted by atomic mass is 9.86. The zero-order valence-corrected chi connectivity index (χ0v) is 19.3. The van der Waals surface area contributed by atoms with Gasteiger partial charge in [0.05, 0.1) is 37.7 Å². The number of aromatic nitrogens is 2. The molecule has 1 saturated heterocycles. The monoisotopic (exact) mass is 463 g/mol. The normalized spacial score (nSPS) is 33.9. The van der Waals surface area contributed by atoms with Crippen LogP contribution < -0.4 is 4.72 Å². The number of hydrogen-bond acceptors (Lipinski definition) is 8. The summed E-state index contributed by atoms with van der Waals surface area (Å²) >= 11 is 0. The number of rotatable bonds is 6. The number of amides is 1. The molecule has 0 aromatic carbocycles. The van der Waals surface area contributed by atoms with Crippen molar-refractivity contribution < 1.29 is 22.7 Å². The Morgan fingerprint density at radius 2 is 2.09 bits per heavy atom. The zero-order valence-electron chi connectivity index (χ0n) is 18.5. The van der Waals surface area contributed by atoms with Crippen LogP contribution in [-0.4, -0.2) is 73.6 Å². The molecule has 2 heterocycles. The van der Waals surface area contributed by atoms with Gasteiger partial charge in [0, 0.05) is 29.9 Å². The SMILES string of the molecule is COC(=O)N1[C@H](C)C[C@H](NS(C)(=O)=O)[C@@H]1CO[C@@H]1CC[C@]2(c3ncc(C#N)cn3)C[C@@H]2C1. The second-order valence-electron chi connectivity index (χ2n) is 9.22. The van der Waals surface area contributed by atoms with Gasteiger partial charge in [-0.1, -0.05) is 0 Å². The third-order valence-corrected chi connectivity index (χ3v) is 7.79. The summed E-state index contributed by atoms with van der Waals surface area (Å²) < 4.78 is 37.5. The molecule has 0 radical (unpaired) electrons. The van der Waals surface area contributed by atoms with E-state index in [-0.39, 0.29) is 24.2 Å². The Balaban J connectivity index is 1.39. The summed E-state index contributed by atoms with van der Waals surface area (Å²) in [5.74, 6) is 1.23. The number of nitrogens with one attached hydrogen (secondary N) is 1. The van der Waals surface area contributed by atoms with Crippen LogP contribution >= 0.6 is 0 Å². The van der Waals surface area contributed by atoms with Gasteiger partial charge in [-0.25, -0.2) is 27.9 Å². The number of carbonyl (C=O) groups is 1. The van der Waals surface area contributed by atoms with Gasteiger partial charge in [0.1, 0.15) is 11.9 Å². The van der Waals surface area contributed by atoms with E-state index in [0.29, 0.717) is 17.9 Å². The Hall–Kier alpha value is -2.29. The molecule has 0 spiro atoms. The first-order chi connectivity index (χ1) is 15.2. The second-order valence-corrected chi connectivity index (χ2v) is 11.0. The predicted molar refractivity (Wildman–Crippen MR) is 114 cm³/mol. The van der Waals surface area contributed by atoms with E-state index < -0.39 is 28.2 Å². The van der Waals surface area contributed by atoms with E-state index in [9.17, 15) is 13.2 Å². The molecule has 1 aliphatic heterocycles. The van der Waals surface area contributed by atoms with Crippen molar-refractivity contribution in [2.24, 2.45) is 5.92 Å². The molecule has 3 aliphatic rings. The van der Waals surface area contributed by atoms with Gasteiger partial charge in [-0.15, -0.1) is 0 Å². The Morgan fingerprint density at radius 3 is 2.69 bits per heavy atom. The van der Waals surface area contributed by atoms with Crippen molar-refractivity contribution in [2.45, 2.75) is 68.7 Å². The van der Waals surface area contributed by atoms with E-state index in [1.165, 1.54) is 7.11 Å². The molecule has 10 nitrogen and oxygen atoms in total. The number of carbonyl (C=O) groups excluding carboxylic acids is 1. The average Bonchev–Trinajstić information content (AvgIpc) is 3.41. The molecule has 1 aromatic heterocycles. The van der Waals surface area contributed by atoms with Crippen molar-refractivity contribution in [1.82, 2.24) is 19.6 Å². The second kappa shape index (κ2) is 8.57. The van der Waals surface area contributed by atoms with Gasteiger partial charge in [-0.2, -0.15) is 5.26 Å². The van der Waals surface area contributed by atoms with Crippen molar-refractivity contribution in [3.63, 3.8) is 0 Å². The van der Waals surface area contributed by atoms with Crippen molar-refractivity contribution in [1.29, 1.82) is 5.26 Å². The number of fused-ring (bicyclic) bond motifs is 1. The van der Waals surface area contributed by atoms with Crippen molar-refractivity contribution in [3.05, 3.63) is 23.8 Å². The van der Waals surface area contributed by atoms with Crippen molar-refractivity contribution in [3.8, 4) is 6.07 Å². The minimum Gasteiger partial charge on any atom is -0.453 e. The third kappa shape index (κ3) is 4.44. The summed E-state index contributed by atoms with van der Waals surface area (Å²) in [5, 5.41) is 8.95. The van der Waals surface area contributed by atoms with Crippen LogP contribution in [0.2, 0.25) is 0 Å². The lowest BCUT2D eigenvalue weighted by Crippen LogP contribution is -2.50. The molecule has 0 unspecified atom stereocenters. The predicted octanol–water partition coefficient (Wildman–Crippen LogP) is 1.32. The topological polar surface area (TPSA) is 135 Å². The summed E-state index contributed by atoms with van der Waals surface area (Å²) in [6.45, 7) is 2.12. The number of likely N-dealkylation sites (tertiary alicyclic amines) is 1. The first-order valence-corrected chi connectivity index (χ1v) is 12.7. The van der Waals surface area contributed by atoms with Gasteiger partial charge in [-0.3, -0.25) is 4.90 Å². The van der Waals surface area contributed by atoms with E-state index in [4.69, 9.17) is 14.7 Å². The largest absolute Gasteiger partial charge is 0.453 e. The lowest BCUT2D eigenvalue weighted by molar-refractivity contribution is -0.0103. The van der Waals surface area contributed by atoms with Crippen LogP contribution in [0.3, 0.4) is 0 Å². The van der Waals surface area contributed by atoms with Crippen molar-refractivity contribution in [2.75, 3.05) is 20.0 Å². The van der Waals surface area contributed by atoms with Gasteiger partial charge < -0.3 is 9.47 Å². The maximum Gasteiger partial charge on any atom is 0.410 e. The summed E-state index contributed by atoms with van der Waals surface area (Å²) in [4.78, 5) is 22.7. The highest BCUT2D eigenvalue weighted by Gasteiger charge is 2.60. The van der Waals surface area contributed by atoms with E-state index in [1.54, 1.807) is 17.3 Å². The highest BCUT2D eigenvalue weighted by Crippen LogP contribution is 2.61. The minimum atomic E-state index is -3.43. The van der Waals surface area contributed by atoms with Crippen LogP contribution in [0.4, 0.5) is 4.79 Å². The van der Waals surface area contributed by atoms with Gasteiger partial charge in [0.2, 0.25) is 10.0 Å². The number of nitrogens with zero attached hydrogens (tertiary/aromatic N) is 4. The van der Waals surface area contributed by atoms with Crippen LogP contribution in [0.1, 0.15) is 50.4 Å². The molecule has 11 heteroatoms. The first-order valence-electron chi connectivity index (χ1n) is 10.8. The molecule has 1 N–H and O–H groups in total. The summed E-state index contributed by atoms with van der Waals surface area (Å²) in [5.41, 5.74) is 0.436. The van der Waals surface area contributed by atoms with Crippen LogP contribution in [0.5, 0.6) is 0 Å². The summed E-state index contributed by atoms with van der Waals surface area (Å²) in [7, 11) is -2.10. The Labute approximate surface area is 188 Å². The molecule has 4 rings (SSSR count). The smallest absolute Gasteiger partial charge is 0.410 e. The average molecular weight is 464 g/mol. The van der Waals surface area contributed by atoms with E-state index >= 15 is 0 Å². The third-order valence-electron chi connectivity index (χ3n) is 7.06. The molecule has 6 atom stereocenters. The lowest BCUT2D eigenvalue weighted by Gasteiger charge is -2.32. The van der Waals surface area contributed by atoms with E-state index in [1.807, 2.05) is 13.0 Å². The number of nitriles is 1. The summed E-state index contributed by atoms with van der Waals surface area (Å²) in [6.07, 6.45) is 7.94. The molecular weight excluding hydrogens is 434 g/mol. The maximum absolute atomic E-state index is 12.3. The number of hydrogen-bond donors (Lipinski definition) is 1. The fraction of sp³-hybridized carbons (Fsp3) is 0.714. The van der Waals surface area contributed by atoms with Crippen LogP contribution in [-0.2, 0) is 24.9 Å². The summed E-state index contributed by atoms with van der Waals surface area (Å²) in [6, 6.07) is 1.03. The zero-order chi connectivity index (χ0) is 23.1. The number of ether oxygens (including phenoxy) is 2. The van der Waals surface area contributed by atoms with Gasteiger partial charge in [0.15, 0.2) is 0 Å². The molecule has 0 bridgehead atoms. The minimum absolute atomic E-state index is 0.0197. The molecule has 32 heavy (non-hydrogen) atoms. The van der Waals surface area contributed by atoms with E-state index in [2.05, 4.69) is 14.7 Å².